The van der Waals surface area contributed by atoms with Gasteiger partial charge in [-0.05, 0) is 42.7 Å². The number of benzene rings is 2. The Kier molecular flexibility index (Phi) is 4.57. The molecule has 0 bridgehead atoms. The summed E-state index contributed by atoms with van der Waals surface area (Å²) in [6.07, 6.45) is 6.05. The Morgan fingerprint density at radius 2 is 1.88 bits per heavy atom. The van der Waals surface area contributed by atoms with E-state index in [1.165, 1.54) is 6.42 Å². The van der Waals surface area contributed by atoms with Crippen molar-refractivity contribution in [2.75, 3.05) is 6.54 Å². The van der Waals surface area contributed by atoms with Gasteiger partial charge < -0.3 is 5.11 Å². The highest BCUT2D eigenvalue weighted by molar-refractivity contribution is 5.80. The van der Waals surface area contributed by atoms with Gasteiger partial charge in [0.1, 0.15) is 5.52 Å². The monoisotopic (exact) mass is 334 g/mol. The van der Waals surface area contributed by atoms with Crippen molar-refractivity contribution in [3.8, 4) is 5.69 Å². The second-order valence-electron chi connectivity index (χ2n) is 6.69. The fraction of sp³-hybridized carbons (Fsp3) is 0.350. The molecule has 2 aromatic carbocycles. The van der Waals surface area contributed by atoms with E-state index in [1.807, 2.05) is 59.4 Å². The van der Waals surface area contributed by atoms with Crippen LogP contribution in [0.25, 0.3) is 16.7 Å². The third kappa shape index (κ3) is 3.46. The van der Waals surface area contributed by atoms with Crippen molar-refractivity contribution in [1.82, 2.24) is 15.0 Å². The highest BCUT2D eigenvalue weighted by atomic mass is 16.3. The van der Waals surface area contributed by atoms with E-state index < -0.39 is 0 Å². The summed E-state index contributed by atoms with van der Waals surface area (Å²) in [5.74, 6) is 0.311. The molecular weight excluding hydrogens is 312 g/mol. The third-order valence-corrected chi connectivity index (χ3v) is 4.94. The van der Waals surface area contributed by atoms with Crippen molar-refractivity contribution in [2.45, 2.75) is 31.8 Å². The predicted molar refractivity (Wildman–Crippen MR) is 99.3 cm³/mol. The quantitative estimate of drug-likeness (QED) is 0.744. The van der Waals surface area contributed by atoms with E-state index in [4.69, 9.17) is 0 Å². The third-order valence-electron chi connectivity index (χ3n) is 4.94. The van der Waals surface area contributed by atoms with E-state index in [0.717, 1.165) is 41.5 Å². The summed E-state index contributed by atoms with van der Waals surface area (Å²) >= 11 is 0. The lowest BCUT2D eigenvalue weighted by atomic mass is 9.87. The topological polar surface area (TPSA) is 63.3 Å². The Morgan fingerprint density at radius 1 is 1.08 bits per heavy atom. The molecule has 0 spiro atoms. The van der Waals surface area contributed by atoms with Crippen molar-refractivity contribution >= 4 is 17.2 Å². The van der Waals surface area contributed by atoms with Gasteiger partial charge in [-0.1, -0.05) is 42.3 Å². The molecule has 128 valence electrons. The fourth-order valence-electron chi connectivity index (χ4n) is 3.46. The maximum absolute atomic E-state index is 10.0. The predicted octanol–water partition coefficient (Wildman–Crippen LogP) is 3.39. The SMILES string of the molecule is O[C@@H]1CCCC[C@H]1CN=Cc1ccc(-n2nnc3ccccc32)cc1. The number of para-hydroxylation sites is 1. The first kappa shape index (κ1) is 16.0. The lowest BCUT2D eigenvalue weighted by Crippen LogP contribution is -2.26. The van der Waals surface area contributed by atoms with Crippen LogP contribution in [-0.4, -0.2) is 39.0 Å². The van der Waals surface area contributed by atoms with Gasteiger partial charge in [0.2, 0.25) is 0 Å². The van der Waals surface area contributed by atoms with Crippen molar-refractivity contribution in [1.29, 1.82) is 0 Å². The molecule has 1 N–H and O–H groups in total. The van der Waals surface area contributed by atoms with Crippen LogP contribution in [0.4, 0.5) is 0 Å². The molecule has 25 heavy (non-hydrogen) atoms. The number of aliphatic hydroxyl groups excluding tert-OH is 1. The number of hydrogen-bond acceptors (Lipinski definition) is 4. The molecule has 0 unspecified atom stereocenters. The van der Waals surface area contributed by atoms with E-state index in [2.05, 4.69) is 15.3 Å². The fourth-order valence-corrected chi connectivity index (χ4v) is 3.46. The molecule has 0 aliphatic heterocycles. The second kappa shape index (κ2) is 7.15. The Balaban J connectivity index is 1.46. The van der Waals surface area contributed by atoms with Gasteiger partial charge in [-0.15, -0.1) is 5.10 Å². The van der Waals surface area contributed by atoms with E-state index in [0.29, 0.717) is 12.5 Å². The van der Waals surface area contributed by atoms with Gasteiger partial charge in [-0.2, -0.15) is 0 Å². The van der Waals surface area contributed by atoms with Crippen molar-refractivity contribution in [3.05, 3.63) is 54.1 Å². The van der Waals surface area contributed by atoms with Crippen LogP contribution in [-0.2, 0) is 0 Å². The summed E-state index contributed by atoms with van der Waals surface area (Å²) in [5, 5.41) is 18.4. The number of rotatable bonds is 4. The molecule has 0 saturated heterocycles. The van der Waals surface area contributed by atoms with Crippen LogP contribution in [0.1, 0.15) is 31.2 Å². The number of aromatic nitrogens is 3. The number of hydrogen-bond donors (Lipinski definition) is 1. The molecule has 1 aromatic heterocycles. The Bertz CT molecular complexity index is 869. The number of nitrogens with zero attached hydrogens (tertiary/aromatic N) is 4. The molecule has 0 radical (unpaired) electrons. The van der Waals surface area contributed by atoms with E-state index in [-0.39, 0.29) is 6.10 Å². The first-order valence-corrected chi connectivity index (χ1v) is 8.90. The molecule has 1 fully saturated rings. The van der Waals surface area contributed by atoms with Crippen molar-refractivity contribution in [3.63, 3.8) is 0 Å². The van der Waals surface area contributed by atoms with E-state index >= 15 is 0 Å². The van der Waals surface area contributed by atoms with Gasteiger partial charge in [-0.25, -0.2) is 4.68 Å². The van der Waals surface area contributed by atoms with Crippen LogP contribution in [0.3, 0.4) is 0 Å². The van der Waals surface area contributed by atoms with Crippen LogP contribution >= 0.6 is 0 Å². The zero-order valence-electron chi connectivity index (χ0n) is 14.1. The molecule has 2 atom stereocenters. The molecule has 1 aliphatic rings. The molecule has 5 nitrogen and oxygen atoms in total. The molecule has 3 aromatic rings. The molecule has 1 saturated carbocycles. The summed E-state index contributed by atoms with van der Waals surface area (Å²) < 4.78 is 1.84. The van der Waals surface area contributed by atoms with Crippen molar-refractivity contribution < 1.29 is 5.11 Å². The van der Waals surface area contributed by atoms with Crippen molar-refractivity contribution in [2.24, 2.45) is 10.9 Å². The van der Waals surface area contributed by atoms with Crippen LogP contribution < -0.4 is 0 Å². The summed E-state index contributed by atoms with van der Waals surface area (Å²) in [4.78, 5) is 4.54. The highest BCUT2D eigenvalue weighted by Crippen LogP contribution is 2.24. The largest absolute Gasteiger partial charge is 0.393 e. The lowest BCUT2D eigenvalue weighted by Gasteiger charge is -2.25. The number of aliphatic imine (C=N–C) groups is 1. The maximum atomic E-state index is 10.0. The lowest BCUT2D eigenvalue weighted by molar-refractivity contribution is 0.0746. The molecule has 5 heteroatoms. The summed E-state index contributed by atoms with van der Waals surface area (Å²) in [6, 6.07) is 16.0. The van der Waals surface area contributed by atoms with Crippen LogP contribution in [0, 0.1) is 5.92 Å². The van der Waals surface area contributed by atoms with E-state index in [9.17, 15) is 5.11 Å². The molecule has 1 heterocycles. The summed E-state index contributed by atoms with van der Waals surface area (Å²) in [5.41, 5.74) is 3.92. The summed E-state index contributed by atoms with van der Waals surface area (Å²) in [7, 11) is 0. The first-order valence-electron chi connectivity index (χ1n) is 8.90. The zero-order valence-corrected chi connectivity index (χ0v) is 14.1. The molecule has 1 aliphatic carbocycles. The van der Waals surface area contributed by atoms with Gasteiger partial charge in [0.15, 0.2) is 0 Å². The van der Waals surface area contributed by atoms with Crippen LogP contribution in [0.5, 0.6) is 0 Å². The van der Waals surface area contributed by atoms with Crippen LogP contribution in [0.15, 0.2) is 53.5 Å². The minimum absolute atomic E-state index is 0.186. The second-order valence-corrected chi connectivity index (χ2v) is 6.69. The first-order chi connectivity index (χ1) is 12.3. The smallest absolute Gasteiger partial charge is 0.113 e. The van der Waals surface area contributed by atoms with Gasteiger partial charge in [0.25, 0.3) is 0 Å². The average molecular weight is 334 g/mol. The normalized spacial score (nSPS) is 21.2. The Hall–Kier alpha value is -2.53. The summed E-state index contributed by atoms with van der Waals surface area (Å²) in [6.45, 7) is 0.705. The average Bonchev–Trinajstić information content (AvgIpc) is 3.08. The number of aliphatic hydroxyl groups is 1. The highest BCUT2D eigenvalue weighted by Gasteiger charge is 2.22. The van der Waals surface area contributed by atoms with Gasteiger partial charge in [-0.3, -0.25) is 4.99 Å². The Morgan fingerprint density at radius 3 is 2.72 bits per heavy atom. The maximum Gasteiger partial charge on any atom is 0.113 e. The molecular formula is C20H22N4O. The standard InChI is InChI=1S/C20H22N4O/c25-20-8-4-1-5-16(20)14-21-13-15-9-11-17(12-10-15)24-19-7-3-2-6-18(19)22-23-24/h2-3,6-7,9-13,16,20,25H,1,4-5,8,14H2/t16-,20+/m0/s1. The van der Waals surface area contributed by atoms with E-state index in [1.54, 1.807) is 0 Å². The Labute approximate surface area is 147 Å². The molecule has 4 rings (SSSR count). The van der Waals surface area contributed by atoms with Gasteiger partial charge in [0, 0.05) is 18.7 Å². The van der Waals surface area contributed by atoms with Gasteiger partial charge in [0.05, 0.1) is 17.3 Å². The zero-order chi connectivity index (χ0) is 17.1. The van der Waals surface area contributed by atoms with Gasteiger partial charge >= 0.3 is 0 Å². The number of fused-ring (bicyclic) bond motifs is 1. The van der Waals surface area contributed by atoms with Crippen LogP contribution in [0.2, 0.25) is 0 Å². The minimum Gasteiger partial charge on any atom is -0.393 e. The molecule has 0 amide bonds. The minimum atomic E-state index is -0.186.